The Balaban J connectivity index is 2.16. The standard InChI is InChI=1S/C10H8FN3O2/c11-6-2-1-3-7(4-6)12-10(16)8-5-9(15)14-13-8/h1-5H,(H,12,16)(H2,13,14,15). The highest BCUT2D eigenvalue weighted by Crippen LogP contribution is 2.09. The molecule has 0 aliphatic rings. The zero-order valence-corrected chi connectivity index (χ0v) is 8.08. The average Bonchev–Trinajstić information content (AvgIpc) is 2.65. The molecule has 0 fully saturated rings. The van der Waals surface area contributed by atoms with Gasteiger partial charge in [-0.25, -0.2) is 4.39 Å². The van der Waals surface area contributed by atoms with Crippen molar-refractivity contribution < 1.29 is 9.18 Å². The smallest absolute Gasteiger partial charge is 0.273 e. The van der Waals surface area contributed by atoms with Crippen molar-refractivity contribution in [3.05, 3.63) is 52.2 Å². The minimum Gasteiger partial charge on any atom is -0.321 e. The van der Waals surface area contributed by atoms with Gasteiger partial charge < -0.3 is 5.32 Å². The van der Waals surface area contributed by atoms with E-state index in [9.17, 15) is 14.0 Å². The first-order valence-corrected chi connectivity index (χ1v) is 4.50. The van der Waals surface area contributed by atoms with Crippen molar-refractivity contribution in [2.75, 3.05) is 5.32 Å². The van der Waals surface area contributed by atoms with Crippen LogP contribution in [0.15, 0.2) is 35.1 Å². The Morgan fingerprint density at radius 3 is 2.69 bits per heavy atom. The molecule has 5 nitrogen and oxygen atoms in total. The Morgan fingerprint density at radius 2 is 2.06 bits per heavy atom. The highest BCUT2D eigenvalue weighted by molar-refractivity contribution is 6.02. The Hall–Kier alpha value is -2.37. The Bertz CT molecular complexity index is 573. The first kappa shape index (κ1) is 10.2. The Morgan fingerprint density at radius 1 is 1.25 bits per heavy atom. The van der Waals surface area contributed by atoms with Gasteiger partial charge in [-0.15, -0.1) is 0 Å². The molecule has 0 atom stereocenters. The third kappa shape index (κ3) is 2.17. The number of hydrogen-bond acceptors (Lipinski definition) is 2. The molecule has 1 aromatic heterocycles. The summed E-state index contributed by atoms with van der Waals surface area (Å²) in [6.45, 7) is 0. The van der Waals surface area contributed by atoms with Gasteiger partial charge in [-0.1, -0.05) is 6.07 Å². The minimum atomic E-state index is -0.510. The molecule has 0 spiro atoms. The largest absolute Gasteiger partial charge is 0.321 e. The van der Waals surface area contributed by atoms with Gasteiger partial charge in [0.2, 0.25) is 0 Å². The molecular weight excluding hydrogens is 213 g/mol. The minimum absolute atomic E-state index is 0.0919. The predicted molar refractivity (Wildman–Crippen MR) is 55.8 cm³/mol. The summed E-state index contributed by atoms with van der Waals surface area (Å²) in [6.07, 6.45) is 0. The van der Waals surface area contributed by atoms with E-state index in [1.807, 2.05) is 0 Å². The van der Waals surface area contributed by atoms with E-state index in [4.69, 9.17) is 0 Å². The molecule has 1 heterocycles. The fourth-order valence-corrected chi connectivity index (χ4v) is 1.22. The number of carbonyl (C=O) groups is 1. The maximum absolute atomic E-state index is 12.8. The van der Waals surface area contributed by atoms with Crippen molar-refractivity contribution in [2.45, 2.75) is 0 Å². The van der Waals surface area contributed by atoms with Crippen LogP contribution in [-0.4, -0.2) is 16.1 Å². The van der Waals surface area contributed by atoms with Crippen LogP contribution in [0.2, 0.25) is 0 Å². The van der Waals surface area contributed by atoms with Crippen molar-refractivity contribution in [1.29, 1.82) is 0 Å². The van der Waals surface area contributed by atoms with E-state index in [2.05, 4.69) is 15.5 Å². The van der Waals surface area contributed by atoms with E-state index in [-0.39, 0.29) is 5.69 Å². The summed E-state index contributed by atoms with van der Waals surface area (Å²) in [6, 6.07) is 6.60. The highest BCUT2D eigenvalue weighted by Gasteiger charge is 2.08. The first-order chi connectivity index (χ1) is 7.65. The van der Waals surface area contributed by atoms with Crippen molar-refractivity contribution in [3.63, 3.8) is 0 Å². The van der Waals surface area contributed by atoms with Crippen LogP contribution in [0.25, 0.3) is 0 Å². The van der Waals surface area contributed by atoms with Crippen LogP contribution in [0, 0.1) is 5.82 Å². The zero-order valence-electron chi connectivity index (χ0n) is 8.08. The molecule has 6 heteroatoms. The van der Waals surface area contributed by atoms with E-state index in [0.29, 0.717) is 5.69 Å². The van der Waals surface area contributed by atoms with Gasteiger partial charge in [0.1, 0.15) is 11.5 Å². The normalized spacial score (nSPS) is 10.1. The van der Waals surface area contributed by atoms with E-state index >= 15 is 0 Å². The summed E-state index contributed by atoms with van der Waals surface area (Å²) in [4.78, 5) is 22.3. The molecule has 0 bridgehead atoms. The summed E-state index contributed by atoms with van der Waals surface area (Å²) in [7, 11) is 0. The van der Waals surface area contributed by atoms with Crippen LogP contribution >= 0.6 is 0 Å². The van der Waals surface area contributed by atoms with Gasteiger partial charge in [0.25, 0.3) is 11.5 Å². The summed E-state index contributed by atoms with van der Waals surface area (Å²) < 4.78 is 12.8. The maximum Gasteiger partial charge on any atom is 0.273 e. The van der Waals surface area contributed by atoms with Crippen LogP contribution in [0.1, 0.15) is 10.5 Å². The van der Waals surface area contributed by atoms with Gasteiger partial charge in [-0.05, 0) is 18.2 Å². The zero-order chi connectivity index (χ0) is 11.5. The second-order valence-electron chi connectivity index (χ2n) is 3.14. The number of carbonyl (C=O) groups excluding carboxylic acids is 1. The van der Waals surface area contributed by atoms with Gasteiger partial charge in [0.05, 0.1) is 0 Å². The average molecular weight is 221 g/mol. The van der Waals surface area contributed by atoms with E-state index in [1.165, 1.54) is 18.2 Å². The molecule has 0 aliphatic carbocycles. The van der Waals surface area contributed by atoms with Gasteiger partial charge in [0.15, 0.2) is 0 Å². The third-order valence-electron chi connectivity index (χ3n) is 1.92. The van der Waals surface area contributed by atoms with E-state index in [1.54, 1.807) is 6.07 Å². The molecule has 0 saturated heterocycles. The SMILES string of the molecule is O=C(Nc1cccc(F)c1)c1cc(=O)[nH][nH]1. The fourth-order valence-electron chi connectivity index (χ4n) is 1.22. The molecule has 0 aliphatic heterocycles. The third-order valence-corrected chi connectivity index (χ3v) is 1.92. The molecule has 16 heavy (non-hydrogen) atoms. The number of nitrogens with one attached hydrogen (secondary N) is 3. The van der Waals surface area contributed by atoms with Crippen molar-refractivity contribution in [1.82, 2.24) is 10.2 Å². The van der Waals surface area contributed by atoms with Gasteiger partial charge >= 0.3 is 0 Å². The lowest BCUT2D eigenvalue weighted by Crippen LogP contribution is -2.12. The van der Waals surface area contributed by atoms with Gasteiger partial charge in [-0.2, -0.15) is 0 Å². The Labute approximate surface area is 89.3 Å². The highest BCUT2D eigenvalue weighted by atomic mass is 19.1. The summed E-state index contributed by atoms with van der Waals surface area (Å²) in [5, 5.41) is 7.07. The second-order valence-corrected chi connectivity index (χ2v) is 3.14. The topological polar surface area (TPSA) is 77.8 Å². The second kappa shape index (κ2) is 4.01. The molecule has 0 saturated carbocycles. The van der Waals surface area contributed by atoms with Crippen molar-refractivity contribution in [3.8, 4) is 0 Å². The number of amides is 1. The maximum atomic E-state index is 12.8. The monoisotopic (exact) mass is 221 g/mol. The molecular formula is C10H8FN3O2. The first-order valence-electron chi connectivity index (χ1n) is 4.50. The molecule has 1 aromatic carbocycles. The molecule has 3 N–H and O–H groups in total. The molecule has 0 unspecified atom stereocenters. The summed E-state index contributed by atoms with van der Waals surface area (Å²) >= 11 is 0. The fraction of sp³-hybridized carbons (Fsp3) is 0. The lowest BCUT2D eigenvalue weighted by molar-refractivity contribution is 0.102. The number of hydrogen-bond donors (Lipinski definition) is 3. The number of aromatic amines is 2. The van der Waals surface area contributed by atoms with Crippen LogP contribution in [0.4, 0.5) is 10.1 Å². The van der Waals surface area contributed by atoms with Crippen LogP contribution < -0.4 is 10.9 Å². The molecule has 0 radical (unpaired) electrons. The van der Waals surface area contributed by atoms with E-state index in [0.717, 1.165) is 6.07 Å². The number of rotatable bonds is 2. The number of benzene rings is 1. The molecule has 1 amide bonds. The summed E-state index contributed by atoms with van der Waals surface area (Å²) in [5.41, 5.74) is 0.0192. The number of halogens is 1. The van der Waals surface area contributed by atoms with Crippen LogP contribution in [0.3, 0.4) is 0 Å². The van der Waals surface area contributed by atoms with Gasteiger partial charge in [0, 0.05) is 11.8 Å². The van der Waals surface area contributed by atoms with Crippen molar-refractivity contribution >= 4 is 11.6 Å². The van der Waals surface area contributed by atoms with Gasteiger partial charge in [-0.3, -0.25) is 19.8 Å². The Kier molecular flexibility index (Phi) is 2.55. The molecule has 82 valence electrons. The van der Waals surface area contributed by atoms with Crippen LogP contribution in [0.5, 0.6) is 0 Å². The predicted octanol–water partition coefficient (Wildman–Crippen LogP) is 1.09. The molecule has 2 rings (SSSR count). The number of aromatic nitrogens is 2. The quantitative estimate of drug-likeness (QED) is 0.709. The van der Waals surface area contributed by atoms with E-state index < -0.39 is 17.3 Å². The number of H-pyrrole nitrogens is 2. The lowest BCUT2D eigenvalue weighted by Gasteiger charge is -2.02. The molecule has 2 aromatic rings. The van der Waals surface area contributed by atoms with Crippen molar-refractivity contribution in [2.24, 2.45) is 0 Å². The van der Waals surface area contributed by atoms with Crippen LogP contribution in [-0.2, 0) is 0 Å². The summed E-state index contributed by atoms with van der Waals surface area (Å²) in [5.74, 6) is -0.954. The number of anilines is 1. The lowest BCUT2D eigenvalue weighted by atomic mass is 10.3.